The maximum atomic E-state index is 12.7. The molecule has 0 amide bonds. The summed E-state index contributed by atoms with van der Waals surface area (Å²) >= 11 is 0. The van der Waals surface area contributed by atoms with Crippen LogP contribution in [0.1, 0.15) is 24.0 Å². The largest absolute Gasteiger partial charge is 0.417 e. The lowest BCUT2D eigenvalue weighted by Gasteiger charge is -2.35. The van der Waals surface area contributed by atoms with E-state index in [0.717, 1.165) is 6.07 Å². The second kappa shape index (κ2) is 6.55. The van der Waals surface area contributed by atoms with E-state index in [1.54, 1.807) is 6.07 Å². The SMILES string of the molecule is N#Cc1cc(NCC2(CO)CCOCC2)ccc1C(F)(F)F. The molecule has 0 bridgehead atoms. The van der Waals surface area contributed by atoms with Gasteiger partial charge in [0.1, 0.15) is 0 Å². The van der Waals surface area contributed by atoms with Crippen molar-refractivity contribution in [3.63, 3.8) is 0 Å². The summed E-state index contributed by atoms with van der Waals surface area (Å²) in [5.41, 5.74) is -1.26. The van der Waals surface area contributed by atoms with Crippen molar-refractivity contribution >= 4 is 5.69 Å². The van der Waals surface area contributed by atoms with Gasteiger partial charge < -0.3 is 15.2 Å². The molecule has 0 atom stereocenters. The summed E-state index contributed by atoms with van der Waals surface area (Å²) in [5.74, 6) is 0. The average molecular weight is 314 g/mol. The van der Waals surface area contributed by atoms with Crippen molar-refractivity contribution < 1.29 is 23.0 Å². The molecule has 0 radical (unpaired) electrons. The summed E-state index contributed by atoms with van der Waals surface area (Å²) < 4.78 is 43.5. The van der Waals surface area contributed by atoms with Crippen LogP contribution in [0.2, 0.25) is 0 Å². The summed E-state index contributed by atoms with van der Waals surface area (Å²) in [7, 11) is 0. The van der Waals surface area contributed by atoms with E-state index in [1.165, 1.54) is 12.1 Å². The third-order valence-electron chi connectivity index (χ3n) is 4.00. The lowest BCUT2D eigenvalue weighted by Crippen LogP contribution is -2.39. The number of halogens is 3. The Morgan fingerprint density at radius 2 is 2.00 bits per heavy atom. The van der Waals surface area contributed by atoms with Crippen molar-refractivity contribution in [2.24, 2.45) is 5.41 Å². The van der Waals surface area contributed by atoms with E-state index in [4.69, 9.17) is 10.00 Å². The number of aliphatic hydroxyl groups is 1. The Bertz CT molecular complexity index is 561. The van der Waals surface area contributed by atoms with Crippen LogP contribution in [0.15, 0.2) is 18.2 Å². The topological polar surface area (TPSA) is 65.3 Å². The van der Waals surface area contributed by atoms with Gasteiger partial charge in [-0.25, -0.2) is 0 Å². The van der Waals surface area contributed by atoms with Gasteiger partial charge in [-0.05, 0) is 31.0 Å². The lowest BCUT2D eigenvalue weighted by atomic mass is 9.81. The predicted octanol–water partition coefficient (Wildman–Crippen LogP) is 2.78. The molecule has 2 rings (SSSR count). The first-order chi connectivity index (χ1) is 10.4. The fourth-order valence-corrected chi connectivity index (χ4v) is 2.48. The van der Waals surface area contributed by atoms with Crippen LogP contribution in [-0.4, -0.2) is 31.5 Å². The summed E-state index contributed by atoms with van der Waals surface area (Å²) in [6.07, 6.45) is -3.18. The van der Waals surface area contributed by atoms with Crippen molar-refractivity contribution in [1.82, 2.24) is 0 Å². The monoisotopic (exact) mass is 314 g/mol. The van der Waals surface area contributed by atoms with E-state index in [-0.39, 0.29) is 12.0 Å². The van der Waals surface area contributed by atoms with E-state index in [1.807, 2.05) is 0 Å². The van der Waals surface area contributed by atoms with Gasteiger partial charge in [0.2, 0.25) is 0 Å². The zero-order valence-corrected chi connectivity index (χ0v) is 11.9. The number of hydrogen-bond acceptors (Lipinski definition) is 4. The minimum absolute atomic E-state index is 0.0187. The van der Waals surface area contributed by atoms with E-state index in [9.17, 15) is 18.3 Å². The fourth-order valence-electron chi connectivity index (χ4n) is 2.48. The van der Waals surface area contributed by atoms with Gasteiger partial charge in [0.25, 0.3) is 0 Å². The third-order valence-corrected chi connectivity index (χ3v) is 4.00. The van der Waals surface area contributed by atoms with Crippen LogP contribution >= 0.6 is 0 Å². The lowest BCUT2D eigenvalue weighted by molar-refractivity contribution is -0.137. The molecule has 1 aromatic carbocycles. The number of nitrogens with one attached hydrogen (secondary N) is 1. The molecule has 0 saturated carbocycles. The number of aliphatic hydroxyl groups excluding tert-OH is 1. The number of alkyl halides is 3. The van der Waals surface area contributed by atoms with Crippen LogP contribution in [-0.2, 0) is 10.9 Å². The molecule has 22 heavy (non-hydrogen) atoms. The molecule has 1 saturated heterocycles. The molecule has 1 heterocycles. The van der Waals surface area contributed by atoms with Crippen molar-refractivity contribution in [1.29, 1.82) is 5.26 Å². The van der Waals surface area contributed by atoms with Gasteiger partial charge in [-0.3, -0.25) is 0 Å². The molecule has 0 aromatic heterocycles. The van der Waals surface area contributed by atoms with Crippen LogP contribution in [0.25, 0.3) is 0 Å². The number of nitrogens with zero attached hydrogens (tertiary/aromatic N) is 1. The first-order valence-corrected chi connectivity index (χ1v) is 6.94. The highest BCUT2D eigenvalue weighted by atomic mass is 19.4. The van der Waals surface area contributed by atoms with Gasteiger partial charge in [-0.15, -0.1) is 0 Å². The molecule has 0 spiro atoms. The molecule has 0 aliphatic carbocycles. The Labute approximate surface area is 126 Å². The minimum Gasteiger partial charge on any atom is -0.396 e. The van der Waals surface area contributed by atoms with Crippen LogP contribution in [0.3, 0.4) is 0 Å². The summed E-state index contributed by atoms with van der Waals surface area (Å²) in [6.45, 7) is 1.51. The fraction of sp³-hybridized carbons (Fsp3) is 0.533. The van der Waals surface area contributed by atoms with Crippen LogP contribution in [0, 0.1) is 16.7 Å². The van der Waals surface area contributed by atoms with Crippen LogP contribution < -0.4 is 5.32 Å². The number of benzene rings is 1. The van der Waals surface area contributed by atoms with Crippen LogP contribution in [0.4, 0.5) is 18.9 Å². The summed E-state index contributed by atoms with van der Waals surface area (Å²) in [4.78, 5) is 0. The molecule has 1 aliphatic rings. The van der Waals surface area contributed by atoms with Crippen molar-refractivity contribution in [3.8, 4) is 6.07 Å². The number of hydrogen-bond donors (Lipinski definition) is 2. The number of nitriles is 1. The molecular formula is C15H17F3N2O2. The first kappa shape index (κ1) is 16.6. The minimum atomic E-state index is -4.55. The quantitative estimate of drug-likeness (QED) is 0.897. The Hall–Kier alpha value is -1.78. The summed E-state index contributed by atoms with van der Waals surface area (Å²) in [5, 5.41) is 21.5. The third kappa shape index (κ3) is 3.70. The summed E-state index contributed by atoms with van der Waals surface area (Å²) in [6, 6.07) is 4.96. The molecule has 120 valence electrons. The van der Waals surface area contributed by atoms with Gasteiger partial charge in [0.15, 0.2) is 0 Å². The number of anilines is 1. The molecule has 2 N–H and O–H groups in total. The first-order valence-electron chi connectivity index (χ1n) is 6.94. The Morgan fingerprint density at radius 3 is 2.55 bits per heavy atom. The van der Waals surface area contributed by atoms with E-state index in [2.05, 4.69) is 5.32 Å². The molecule has 1 aliphatic heterocycles. The Kier molecular flexibility index (Phi) is 4.94. The second-order valence-electron chi connectivity index (χ2n) is 5.49. The number of ether oxygens (including phenoxy) is 1. The van der Waals surface area contributed by atoms with Gasteiger partial charge in [-0.1, -0.05) is 0 Å². The highest BCUT2D eigenvalue weighted by molar-refractivity contribution is 5.53. The van der Waals surface area contributed by atoms with Crippen molar-refractivity contribution in [2.75, 3.05) is 31.7 Å². The zero-order valence-electron chi connectivity index (χ0n) is 11.9. The Morgan fingerprint density at radius 1 is 1.32 bits per heavy atom. The number of rotatable bonds is 4. The Balaban J connectivity index is 2.12. The van der Waals surface area contributed by atoms with Crippen molar-refractivity contribution in [3.05, 3.63) is 29.3 Å². The molecule has 0 unspecified atom stereocenters. The molecule has 1 aromatic rings. The van der Waals surface area contributed by atoms with E-state index < -0.39 is 17.3 Å². The van der Waals surface area contributed by atoms with E-state index >= 15 is 0 Å². The molecule has 7 heteroatoms. The van der Waals surface area contributed by atoms with Gasteiger partial charge in [0, 0.05) is 30.9 Å². The van der Waals surface area contributed by atoms with E-state index in [0.29, 0.717) is 38.3 Å². The van der Waals surface area contributed by atoms with Gasteiger partial charge in [0.05, 0.1) is 23.8 Å². The van der Waals surface area contributed by atoms with Gasteiger partial charge in [-0.2, -0.15) is 18.4 Å². The second-order valence-corrected chi connectivity index (χ2v) is 5.49. The maximum absolute atomic E-state index is 12.7. The molecule has 4 nitrogen and oxygen atoms in total. The molecular weight excluding hydrogens is 297 g/mol. The van der Waals surface area contributed by atoms with Gasteiger partial charge >= 0.3 is 6.18 Å². The predicted molar refractivity (Wildman–Crippen MR) is 74.2 cm³/mol. The maximum Gasteiger partial charge on any atom is 0.417 e. The van der Waals surface area contributed by atoms with Crippen molar-refractivity contribution in [2.45, 2.75) is 19.0 Å². The zero-order chi connectivity index (χ0) is 16.2. The molecule has 1 fully saturated rings. The average Bonchev–Trinajstić information content (AvgIpc) is 2.52. The standard InChI is InChI=1S/C15H17F3N2O2/c16-15(17,18)13-2-1-12(7-11(13)8-19)20-9-14(10-21)3-5-22-6-4-14/h1-2,7,20-21H,3-6,9-10H2. The highest BCUT2D eigenvalue weighted by Crippen LogP contribution is 2.34. The smallest absolute Gasteiger partial charge is 0.396 e. The van der Waals surface area contributed by atoms with Crippen LogP contribution in [0.5, 0.6) is 0 Å². The normalized spacial score (nSPS) is 17.8. The highest BCUT2D eigenvalue weighted by Gasteiger charge is 2.34.